The molecule has 13 heavy (non-hydrogen) atoms. The number of hydrogen-bond acceptors (Lipinski definition) is 2. The number of rotatable bonds is 3. The molecule has 1 saturated carbocycles. The Kier molecular flexibility index (Phi) is 2.12. The van der Waals surface area contributed by atoms with E-state index in [2.05, 4.69) is 21.8 Å². The molecule has 0 aliphatic heterocycles. The van der Waals surface area contributed by atoms with E-state index in [1.165, 1.54) is 25.0 Å². The normalized spacial score (nSPS) is 19.8. The second-order valence-electron chi connectivity index (χ2n) is 4.26. The van der Waals surface area contributed by atoms with Crippen LogP contribution < -0.4 is 5.32 Å². The summed E-state index contributed by atoms with van der Waals surface area (Å²) in [5.41, 5.74) is 1.65. The molecule has 72 valence electrons. The largest absolute Gasteiger partial charge is 0.337 e. The highest BCUT2D eigenvalue weighted by Crippen LogP contribution is 2.31. The van der Waals surface area contributed by atoms with E-state index >= 15 is 0 Å². The Morgan fingerprint density at radius 2 is 2.38 bits per heavy atom. The Hall–Kier alpha value is -0.830. The summed E-state index contributed by atoms with van der Waals surface area (Å²) >= 11 is 0. The quantitative estimate of drug-likeness (QED) is 0.761. The predicted molar refractivity (Wildman–Crippen MR) is 52.3 cm³/mol. The van der Waals surface area contributed by atoms with E-state index in [4.69, 9.17) is 0 Å². The first-order valence-electron chi connectivity index (χ1n) is 4.90. The average molecular weight is 179 g/mol. The maximum absolute atomic E-state index is 4.09. The summed E-state index contributed by atoms with van der Waals surface area (Å²) < 4.78 is 2.06. The van der Waals surface area contributed by atoms with Crippen molar-refractivity contribution in [1.29, 1.82) is 0 Å². The van der Waals surface area contributed by atoms with Gasteiger partial charge in [0.05, 0.1) is 12.0 Å². The molecule has 0 radical (unpaired) electrons. The van der Waals surface area contributed by atoms with Crippen LogP contribution in [0.3, 0.4) is 0 Å². The first kappa shape index (κ1) is 8.75. The minimum atomic E-state index is 0.393. The average Bonchev–Trinajstić information content (AvgIpc) is 2.44. The molecular weight excluding hydrogens is 162 g/mol. The van der Waals surface area contributed by atoms with Crippen molar-refractivity contribution in [3.05, 3.63) is 18.2 Å². The minimum absolute atomic E-state index is 0.393. The molecule has 3 nitrogen and oxygen atoms in total. The van der Waals surface area contributed by atoms with E-state index in [1.807, 2.05) is 19.6 Å². The SMILES string of the molecule is Cn1cncc1CNC1(C)CCC1. The van der Waals surface area contributed by atoms with Crippen LogP contribution in [0.2, 0.25) is 0 Å². The van der Waals surface area contributed by atoms with Crippen molar-refractivity contribution in [3.63, 3.8) is 0 Å². The molecule has 1 aliphatic rings. The smallest absolute Gasteiger partial charge is 0.0945 e. The van der Waals surface area contributed by atoms with Gasteiger partial charge in [-0.25, -0.2) is 4.98 Å². The lowest BCUT2D eigenvalue weighted by atomic mass is 9.78. The summed E-state index contributed by atoms with van der Waals surface area (Å²) in [5.74, 6) is 0. The third kappa shape index (κ3) is 1.75. The van der Waals surface area contributed by atoms with Gasteiger partial charge in [0.25, 0.3) is 0 Å². The number of aromatic nitrogens is 2. The van der Waals surface area contributed by atoms with Crippen molar-refractivity contribution in [1.82, 2.24) is 14.9 Å². The summed E-state index contributed by atoms with van der Waals surface area (Å²) in [7, 11) is 2.03. The van der Waals surface area contributed by atoms with E-state index in [-0.39, 0.29) is 0 Å². The van der Waals surface area contributed by atoms with Crippen LogP contribution in [0.15, 0.2) is 12.5 Å². The highest BCUT2D eigenvalue weighted by Gasteiger charge is 2.30. The molecule has 1 aromatic heterocycles. The van der Waals surface area contributed by atoms with E-state index in [1.54, 1.807) is 0 Å². The molecule has 0 saturated heterocycles. The number of nitrogens with one attached hydrogen (secondary N) is 1. The van der Waals surface area contributed by atoms with Crippen LogP contribution in [0.5, 0.6) is 0 Å². The van der Waals surface area contributed by atoms with Crippen LogP contribution in [-0.4, -0.2) is 15.1 Å². The second-order valence-corrected chi connectivity index (χ2v) is 4.26. The zero-order chi connectivity index (χ0) is 9.31. The summed E-state index contributed by atoms with van der Waals surface area (Å²) in [6.45, 7) is 3.24. The first-order chi connectivity index (χ1) is 6.20. The van der Waals surface area contributed by atoms with Crippen LogP contribution in [0, 0.1) is 0 Å². The third-order valence-corrected chi connectivity index (χ3v) is 3.07. The van der Waals surface area contributed by atoms with Gasteiger partial charge in [-0.2, -0.15) is 0 Å². The number of aryl methyl sites for hydroxylation is 1. The lowest BCUT2D eigenvalue weighted by molar-refractivity contribution is 0.205. The fourth-order valence-corrected chi connectivity index (χ4v) is 1.74. The first-order valence-corrected chi connectivity index (χ1v) is 4.90. The molecule has 1 aromatic rings. The van der Waals surface area contributed by atoms with E-state index in [0.717, 1.165) is 6.54 Å². The molecular formula is C10H17N3. The van der Waals surface area contributed by atoms with Crippen LogP contribution in [0.1, 0.15) is 31.9 Å². The molecule has 0 unspecified atom stereocenters. The number of nitrogens with zero attached hydrogens (tertiary/aromatic N) is 2. The molecule has 0 amide bonds. The van der Waals surface area contributed by atoms with Crippen molar-refractivity contribution in [2.24, 2.45) is 7.05 Å². The van der Waals surface area contributed by atoms with Crippen molar-refractivity contribution in [3.8, 4) is 0 Å². The van der Waals surface area contributed by atoms with Gasteiger partial charge in [0.2, 0.25) is 0 Å². The van der Waals surface area contributed by atoms with Crippen LogP contribution in [0.25, 0.3) is 0 Å². The number of imidazole rings is 1. The molecule has 1 heterocycles. The minimum Gasteiger partial charge on any atom is -0.337 e. The summed E-state index contributed by atoms with van der Waals surface area (Å²) in [5, 5.41) is 3.58. The maximum Gasteiger partial charge on any atom is 0.0945 e. The standard InChI is InChI=1S/C10H17N3/c1-10(4-3-5-10)12-7-9-6-11-8-13(9)2/h6,8,12H,3-5,7H2,1-2H3. The van der Waals surface area contributed by atoms with Crippen LogP contribution >= 0.6 is 0 Å². The maximum atomic E-state index is 4.09. The van der Waals surface area contributed by atoms with Crippen LogP contribution in [0.4, 0.5) is 0 Å². The van der Waals surface area contributed by atoms with Crippen molar-refractivity contribution >= 4 is 0 Å². The third-order valence-electron chi connectivity index (χ3n) is 3.07. The van der Waals surface area contributed by atoms with Gasteiger partial charge in [-0.1, -0.05) is 0 Å². The highest BCUT2D eigenvalue weighted by molar-refractivity contribution is 5.00. The van der Waals surface area contributed by atoms with Gasteiger partial charge in [-0.3, -0.25) is 0 Å². The van der Waals surface area contributed by atoms with Gasteiger partial charge < -0.3 is 9.88 Å². The zero-order valence-corrected chi connectivity index (χ0v) is 8.38. The van der Waals surface area contributed by atoms with Crippen molar-refractivity contribution in [2.45, 2.75) is 38.3 Å². The molecule has 0 aromatic carbocycles. The van der Waals surface area contributed by atoms with Gasteiger partial charge in [0.15, 0.2) is 0 Å². The Balaban J connectivity index is 1.89. The Morgan fingerprint density at radius 1 is 1.62 bits per heavy atom. The molecule has 0 spiro atoms. The number of hydrogen-bond donors (Lipinski definition) is 1. The predicted octanol–water partition coefficient (Wildman–Crippen LogP) is 1.45. The molecule has 3 heteroatoms. The van der Waals surface area contributed by atoms with Crippen LogP contribution in [-0.2, 0) is 13.6 Å². The monoisotopic (exact) mass is 179 g/mol. The van der Waals surface area contributed by atoms with E-state index < -0.39 is 0 Å². The fraction of sp³-hybridized carbons (Fsp3) is 0.700. The molecule has 2 rings (SSSR count). The lowest BCUT2D eigenvalue weighted by Crippen LogP contribution is -2.47. The molecule has 1 fully saturated rings. The van der Waals surface area contributed by atoms with E-state index in [9.17, 15) is 0 Å². The van der Waals surface area contributed by atoms with Crippen molar-refractivity contribution in [2.75, 3.05) is 0 Å². The van der Waals surface area contributed by atoms with E-state index in [0.29, 0.717) is 5.54 Å². The Morgan fingerprint density at radius 3 is 2.85 bits per heavy atom. The van der Waals surface area contributed by atoms with Crippen molar-refractivity contribution < 1.29 is 0 Å². The zero-order valence-electron chi connectivity index (χ0n) is 8.38. The lowest BCUT2D eigenvalue weighted by Gasteiger charge is -2.39. The van der Waals surface area contributed by atoms with Gasteiger partial charge in [0.1, 0.15) is 0 Å². The fourth-order valence-electron chi connectivity index (χ4n) is 1.74. The van der Waals surface area contributed by atoms with Gasteiger partial charge >= 0.3 is 0 Å². The molecule has 1 N–H and O–H groups in total. The molecule has 0 bridgehead atoms. The Bertz CT molecular complexity index is 286. The summed E-state index contributed by atoms with van der Waals surface area (Å²) in [6, 6.07) is 0. The Labute approximate surface area is 79.2 Å². The topological polar surface area (TPSA) is 29.9 Å². The summed E-state index contributed by atoms with van der Waals surface area (Å²) in [6.07, 6.45) is 7.76. The van der Waals surface area contributed by atoms with Gasteiger partial charge in [0, 0.05) is 25.3 Å². The molecule has 1 aliphatic carbocycles. The van der Waals surface area contributed by atoms with Gasteiger partial charge in [-0.05, 0) is 26.2 Å². The van der Waals surface area contributed by atoms with Gasteiger partial charge in [-0.15, -0.1) is 0 Å². The molecule has 0 atom stereocenters. The summed E-state index contributed by atoms with van der Waals surface area (Å²) in [4.78, 5) is 4.09. The highest BCUT2D eigenvalue weighted by atomic mass is 15.1. The second kappa shape index (κ2) is 3.14.